The molecule has 1 aromatic carbocycles. The number of hydrogen-bond acceptors (Lipinski definition) is 5. The molecule has 0 aliphatic carbocycles. The predicted octanol–water partition coefficient (Wildman–Crippen LogP) is 1.83. The van der Waals surface area contributed by atoms with Gasteiger partial charge in [0.1, 0.15) is 11.5 Å². The van der Waals surface area contributed by atoms with Crippen molar-refractivity contribution in [2.75, 3.05) is 12.3 Å². The Morgan fingerprint density at radius 1 is 1.17 bits per heavy atom. The summed E-state index contributed by atoms with van der Waals surface area (Å²) in [6.07, 6.45) is 1.63. The molecule has 0 radical (unpaired) electrons. The van der Waals surface area contributed by atoms with Crippen molar-refractivity contribution >= 4 is 5.95 Å². The van der Waals surface area contributed by atoms with Gasteiger partial charge in [-0.25, -0.2) is 14.4 Å². The molecule has 0 saturated carbocycles. The van der Waals surface area contributed by atoms with Crippen LogP contribution in [0.4, 0.5) is 10.3 Å². The van der Waals surface area contributed by atoms with Crippen LogP contribution in [0.25, 0.3) is 22.5 Å². The molecule has 3 aromatic rings. The number of aromatic nitrogens is 4. The number of nitrogens with one attached hydrogen (secondary N) is 1. The first-order valence-corrected chi connectivity index (χ1v) is 7.37. The number of benzene rings is 1. The van der Waals surface area contributed by atoms with E-state index in [0.29, 0.717) is 6.54 Å². The molecule has 0 spiro atoms. The molecule has 0 fully saturated rings. The zero-order valence-electron chi connectivity index (χ0n) is 12.3. The van der Waals surface area contributed by atoms with E-state index < -0.39 is 0 Å². The smallest absolute Gasteiger partial charge is 0.220 e. The van der Waals surface area contributed by atoms with Crippen molar-refractivity contribution in [1.29, 1.82) is 0 Å². The number of hydrogen-bond donors (Lipinski definition) is 2. The molecule has 3 N–H and O–H groups in total. The molecule has 0 bridgehead atoms. The molecular formula is C16H15FN6. The third kappa shape index (κ3) is 2.44. The van der Waals surface area contributed by atoms with Gasteiger partial charge in [0, 0.05) is 24.8 Å². The van der Waals surface area contributed by atoms with E-state index in [0.717, 1.165) is 41.3 Å². The molecule has 7 heteroatoms. The Labute approximate surface area is 132 Å². The lowest BCUT2D eigenvalue weighted by Crippen LogP contribution is -2.28. The van der Waals surface area contributed by atoms with Crippen molar-refractivity contribution in [2.24, 2.45) is 0 Å². The lowest BCUT2D eigenvalue weighted by molar-refractivity contribution is 0.477. The molecule has 116 valence electrons. The quantitative estimate of drug-likeness (QED) is 0.754. The summed E-state index contributed by atoms with van der Waals surface area (Å²) in [5, 5.41) is 8.05. The fourth-order valence-electron chi connectivity index (χ4n) is 2.85. The molecule has 23 heavy (non-hydrogen) atoms. The Morgan fingerprint density at radius 3 is 2.78 bits per heavy atom. The van der Waals surface area contributed by atoms with Gasteiger partial charge in [0.05, 0.1) is 23.5 Å². The van der Waals surface area contributed by atoms with Crippen LogP contribution in [0.15, 0.2) is 36.5 Å². The summed E-state index contributed by atoms with van der Waals surface area (Å²) in [6.45, 7) is 2.35. The van der Waals surface area contributed by atoms with Gasteiger partial charge in [0.25, 0.3) is 0 Å². The number of anilines is 1. The summed E-state index contributed by atoms with van der Waals surface area (Å²) in [5.74, 6) is -0.0523. The summed E-state index contributed by atoms with van der Waals surface area (Å²) >= 11 is 0. The minimum Gasteiger partial charge on any atom is -0.368 e. The highest BCUT2D eigenvalue weighted by atomic mass is 19.1. The number of nitrogens with two attached hydrogens (primary N) is 1. The molecule has 6 nitrogen and oxygen atoms in total. The highest BCUT2D eigenvalue weighted by Crippen LogP contribution is 2.34. The fraction of sp³-hybridized carbons (Fsp3) is 0.188. The molecule has 4 rings (SSSR count). The van der Waals surface area contributed by atoms with E-state index in [1.54, 1.807) is 18.3 Å². The van der Waals surface area contributed by atoms with E-state index in [9.17, 15) is 4.39 Å². The van der Waals surface area contributed by atoms with Gasteiger partial charge >= 0.3 is 0 Å². The largest absolute Gasteiger partial charge is 0.368 e. The minimum atomic E-state index is -0.271. The lowest BCUT2D eigenvalue weighted by atomic mass is 10.0. The van der Waals surface area contributed by atoms with Crippen LogP contribution in [0.3, 0.4) is 0 Å². The number of rotatable bonds is 2. The molecule has 1 aliphatic rings. The standard InChI is InChI=1S/C16H15FN6/c17-11-3-1-10(2-4-11)15-14(12-5-6-20-16(18)21-12)13-9-19-7-8-23(13)22-15/h1-6,19H,7-9H2,(H2,18,20,21). The zero-order chi connectivity index (χ0) is 15.8. The summed E-state index contributed by atoms with van der Waals surface area (Å²) in [5.41, 5.74) is 10.1. The maximum atomic E-state index is 13.2. The first-order chi connectivity index (χ1) is 11.2. The molecule has 0 unspecified atom stereocenters. The maximum Gasteiger partial charge on any atom is 0.220 e. The first-order valence-electron chi connectivity index (χ1n) is 7.37. The van der Waals surface area contributed by atoms with Crippen LogP contribution in [0.2, 0.25) is 0 Å². The van der Waals surface area contributed by atoms with E-state index in [-0.39, 0.29) is 11.8 Å². The molecule has 1 aliphatic heterocycles. The first kappa shape index (κ1) is 13.8. The van der Waals surface area contributed by atoms with E-state index in [1.165, 1.54) is 12.1 Å². The van der Waals surface area contributed by atoms with Crippen molar-refractivity contribution in [1.82, 2.24) is 25.1 Å². The Morgan fingerprint density at radius 2 is 2.00 bits per heavy atom. The molecule has 2 aromatic heterocycles. The third-order valence-electron chi connectivity index (χ3n) is 3.90. The zero-order valence-corrected chi connectivity index (χ0v) is 12.3. The predicted molar refractivity (Wildman–Crippen MR) is 84.8 cm³/mol. The minimum absolute atomic E-state index is 0.219. The van der Waals surface area contributed by atoms with Gasteiger partial charge in [-0.1, -0.05) is 0 Å². The molecule has 3 heterocycles. The van der Waals surface area contributed by atoms with Crippen molar-refractivity contribution < 1.29 is 4.39 Å². The number of fused-ring (bicyclic) bond motifs is 1. The van der Waals surface area contributed by atoms with Crippen LogP contribution >= 0.6 is 0 Å². The number of halogens is 1. The molecule has 0 amide bonds. The van der Waals surface area contributed by atoms with E-state index in [4.69, 9.17) is 10.8 Å². The second-order valence-electron chi connectivity index (χ2n) is 5.38. The maximum absolute atomic E-state index is 13.2. The van der Waals surface area contributed by atoms with Crippen LogP contribution in [0.5, 0.6) is 0 Å². The van der Waals surface area contributed by atoms with Gasteiger partial charge in [0.2, 0.25) is 5.95 Å². The normalized spacial score (nSPS) is 13.8. The summed E-state index contributed by atoms with van der Waals surface area (Å²) < 4.78 is 15.2. The summed E-state index contributed by atoms with van der Waals surface area (Å²) in [4.78, 5) is 8.29. The van der Waals surface area contributed by atoms with Crippen molar-refractivity contribution in [3.63, 3.8) is 0 Å². The Balaban J connectivity index is 1.95. The monoisotopic (exact) mass is 310 g/mol. The van der Waals surface area contributed by atoms with Gasteiger partial charge in [-0.2, -0.15) is 5.10 Å². The second kappa shape index (κ2) is 5.44. The topological polar surface area (TPSA) is 81.6 Å². The van der Waals surface area contributed by atoms with Gasteiger partial charge < -0.3 is 11.1 Å². The average Bonchev–Trinajstić information content (AvgIpc) is 2.95. The van der Waals surface area contributed by atoms with Crippen LogP contribution in [0, 0.1) is 5.82 Å². The average molecular weight is 310 g/mol. The Hall–Kier alpha value is -2.80. The van der Waals surface area contributed by atoms with E-state index in [2.05, 4.69) is 15.3 Å². The highest BCUT2D eigenvalue weighted by molar-refractivity contribution is 5.81. The Bertz CT molecular complexity index is 856. The lowest BCUT2D eigenvalue weighted by Gasteiger charge is -2.15. The van der Waals surface area contributed by atoms with Crippen molar-refractivity contribution in [2.45, 2.75) is 13.1 Å². The van der Waals surface area contributed by atoms with Gasteiger partial charge in [-0.3, -0.25) is 4.68 Å². The molecular weight excluding hydrogens is 295 g/mol. The van der Waals surface area contributed by atoms with Gasteiger partial charge in [-0.05, 0) is 30.3 Å². The van der Waals surface area contributed by atoms with Crippen LogP contribution in [-0.2, 0) is 13.1 Å². The van der Waals surface area contributed by atoms with Crippen LogP contribution in [0.1, 0.15) is 5.69 Å². The SMILES string of the molecule is Nc1nccc(-c2c(-c3ccc(F)cc3)nn3c2CNCC3)n1. The second-order valence-corrected chi connectivity index (χ2v) is 5.38. The van der Waals surface area contributed by atoms with E-state index >= 15 is 0 Å². The van der Waals surface area contributed by atoms with Crippen LogP contribution < -0.4 is 11.1 Å². The summed E-state index contributed by atoms with van der Waals surface area (Å²) in [6, 6.07) is 8.14. The van der Waals surface area contributed by atoms with Crippen molar-refractivity contribution in [3.8, 4) is 22.5 Å². The van der Waals surface area contributed by atoms with Crippen molar-refractivity contribution in [3.05, 3.63) is 48.0 Å². The summed E-state index contributed by atoms with van der Waals surface area (Å²) in [7, 11) is 0. The highest BCUT2D eigenvalue weighted by Gasteiger charge is 2.23. The number of nitrogens with zero attached hydrogens (tertiary/aromatic N) is 4. The molecule has 0 saturated heterocycles. The third-order valence-corrected chi connectivity index (χ3v) is 3.90. The van der Waals surface area contributed by atoms with E-state index in [1.807, 2.05) is 10.7 Å². The van der Waals surface area contributed by atoms with Gasteiger partial charge in [0.15, 0.2) is 0 Å². The Kier molecular flexibility index (Phi) is 3.27. The van der Waals surface area contributed by atoms with Crippen LogP contribution in [-0.4, -0.2) is 26.3 Å². The molecule has 0 atom stereocenters. The van der Waals surface area contributed by atoms with Gasteiger partial charge in [-0.15, -0.1) is 0 Å². The fourth-order valence-corrected chi connectivity index (χ4v) is 2.85. The number of nitrogen functional groups attached to an aromatic ring is 1.